The Kier molecular flexibility index (Phi) is 5.20. The highest BCUT2D eigenvalue weighted by Gasteiger charge is 2.59. The number of benzene rings is 4. The molecule has 5 rings (SSSR count). The Labute approximate surface area is 186 Å². The van der Waals surface area contributed by atoms with Crippen LogP contribution in [0.1, 0.15) is 23.0 Å². The number of carboxylic acid groups (broad SMARTS) is 1. The third-order valence-electron chi connectivity index (χ3n) is 6.43. The summed E-state index contributed by atoms with van der Waals surface area (Å²) in [5.74, 6) is -3.03. The number of carboxylic acids is 1. The van der Waals surface area contributed by atoms with Crippen LogP contribution in [-0.2, 0) is 9.59 Å². The van der Waals surface area contributed by atoms with E-state index in [9.17, 15) is 14.7 Å². The summed E-state index contributed by atoms with van der Waals surface area (Å²) in [5, 5.41) is 11.9. The van der Waals surface area contributed by atoms with Crippen molar-refractivity contribution < 1.29 is 19.4 Å². The SMILES string of the molecule is O=C(O)[C@H]1[C@@H](c2ccccc2)[C@H](C(=O)Oc2cccc3ccccc23)[C@@H]1c1ccccc1. The first-order chi connectivity index (χ1) is 15.6. The van der Waals surface area contributed by atoms with E-state index in [1.807, 2.05) is 97.1 Å². The molecule has 0 aliphatic heterocycles. The number of esters is 1. The smallest absolute Gasteiger partial charge is 0.315 e. The normalized spacial score (nSPS) is 22.1. The van der Waals surface area contributed by atoms with Gasteiger partial charge in [0, 0.05) is 17.2 Å². The largest absolute Gasteiger partial charge is 0.481 e. The van der Waals surface area contributed by atoms with Gasteiger partial charge in [-0.3, -0.25) is 9.59 Å². The van der Waals surface area contributed by atoms with E-state index in [1.165, 1.54) is 0 Å². The predicted molar refractivity (Wildman–Crippen MR) is 123 cm³/mol. The van der Waals surface area contributed by atoms with Gasteiger partial charge >= 0.3 is 11.9 Å². The van der Waals surface area contributed by atoms with E-state index in [-0.39, 0.29) is 0 Å². The van der Waals surface area contributed by atoms with Gasteiger partial charge in [0.2, 0.25) is 0 Å². The molecule has 0 saturated heterocycles. The number of hydrogen-bond acceptors (Lipinski definition) is 3. The van der Waals surface area contributed by atoms with Crippen molar-refractivity contribution >= 4 is 22.7 Å². The molecule has 1 aliphatic rings. The maximum absolute atomic E-state index is 13.6. The summed E-state index contributed by atoms with van der Waals surface area (Å²) in [7, 11) is 0. The summed E-state index contributed by atoms with van der Waals surface area (Å²) in [6.45, 7) is 0. The van der Waals surface area contributed by atoms with Crippen LogP contribution in [0.3, 0.4) is 0 Å². The maximum Gasteiger partial charge on any atom is 0.315 e. The van der Waals surface area contributed by atoms with Crippen LogP contribution >= 0.6 is 0 Å². The number of carbonyl (C=O) groups is 2. The van der Waals surface area contributed by atoms with Crippen molar-refractivity contribution in [3.63, 3.8) is 0 Å². The lowest BCUT2D eigenvalue weighted by atomic mass is 9.52. The lowest BCUT2D eigenvalue weighted by Crippen LogP contribution is -2.52. The third kappa shape index (κ3) is 3.44. The molecular weight excluding hydrogens is 400 g/mol. The molecule has 4 heteroatoms. The van der Waals surface area contributed by atoms with Crippen LogP contribution in [0.2, 0.25) is 0 Å². The molecule has 0 unspecified atom stereocenters. The molecule has 0 aromatic heterocycles. The van der Waals surface area contributed by atoms with Gasteiger partial charge in [0.1, 0.15) is 5.75 Å². The molecule has 1 saturated carbocycles. The van der Waals surface area contributed by atoms with Gasteiger partial charge in [-0.2, -0.15) is 0 Å². The number of aliphatic carboxylic acids is 1. The van der Waals surface area contributed by atoms with E-state index in [4.69, 9.17) is 4.74 Å². The van der Waals surface area contributed by atoms with Crippen molar-refractivity contribution in [2.24, 2.45) is 11.8 Å². The lowest BCUT2D eigenvalue weighted by molar-refractivity contribution is -0.158. The Hall–Kier alpha value is -3.92. The Balaban J connectivity index is 1.55. The molecule has 4 nitrogen and oxygen atoms in total. The molecule has 0 bridgehead atoms. The number of rotatable bonds is 5. The second-order valence-electron chi connectivity index (χ2n) is 8.16. The quantitative estimate of drug-likeness (QED) is 0.334. The zero-order valence-electron chi connectivity index (χ0n) is 17.3. The van der Waals surface area contributed by atoms with Gasteiger partial charge in [-0.25, -0.2) is 0 Å². The highest BCUT2D eigenvalue weighted by molar-refractivity contribution is 5.92. The summed E-state index contributed by atoms with van der Waals surface area (Å²) < 4.78 is 5.93. The molecule has 2 atom stereocenters. The van der Waals surface area contributed by atoms with E-state index in [2.05, 4.69) is 0 Å². The van der Waals surface area contributed by atoms with E-state index >= 15 is 0 Å². The van der Waals surface area contributed by atoms with E-state index in [0.717, 1.165) is 21.9 Å². The van der Waals surface area contributed by atoms with Gasteiger partial charge in [-0.15, -0.1) is 0 Å². The van der Waals surface area contributed by atoms with Gasteiger partial charge < -0.3 is 9.84 Å². The van der Waals surface area contributed by atoms with Crippen molar-refractivity contribution in [1.82, 2.24) is 0 Å². The second-order valence-corrected chi connectivity index (χ2v) is 8.16. The Morgan fingerprint density at radius 3 is 1.75 bits per heavy atom. The fraction of sp³-hybridized carbons (Fsp3) is 0.143. The Morgan fingerprint density at radius 2 is 1.16 bits per heavy atom. The zero-order valence-corrected chi connectivity index (χ0v) is 17.3. The Morgan fingerprint density at radius 1 is 0.625 bits per heavy atom. The average molecular weight is 422 g/mol. The van der Waals surface area contributed by atoms with E-state index in [1.54, 1.807) is 6.07 Å². The molecule has 1 fully saturated rings. The van der Waals surface area contributed by atoms with Crippen molar-refractivity contribution in [2.45, 2.75) is 11.8 Å². The average Bonchev–Trinajstić information content (AvgIpc) is 2.80. The molecule has 0 heterocycles. The van der Waals surface area contributed by atoms with Crippen molar-refractivity contribution in [3.05, 3.63) is 114 Å². The molecule has 32 heavy (non-hydrogen) atoms. The highest BCUT2D eigenvalue weighted by Crippen LogP contribution is 2.58. The molecule has 4 aromatic carbocycles. The minimum Gasteiger partial charge on any atom is -0.481 e. The first-order valence-corrected chi connectivity index (χ1v) is 10.7. The van der Waals surface area contributed by atoms with Gasteiger partial charge in [0.15, 0.2) is 0 Å². The first kappa shape index (κ1) is 20.0. The third-order valence-corrected chi connectivity index (χ3v) is 6.43. The maximum atomic E-state index is 13.6. The van der Waals surface area contributed by atoms with Gasteiger partial charge in [-0.05, 0) is 22.6 Å². The molecule has 4 aromatic rings. The van der Waals surface area contributed by atoms with Crippen LogP contribution in [-0.4, -0.2) is 17.0 Å². The lowest BCUT2D eigenvalue weighted by Gasteiger charge is -2.49. The summed E-state index contributed by atoms with van der Waals surface area (Å²) in [6, 6.07) is 32.2. The number of hydrogen-bond donors (Lipinski definition) is 1. The molecule has 0 radical (unpaired) electrons. The second kappa shape index (κ2) is 8.31. The minimum atomic E-state index is -0.901. The summed E-state index contributed by atoms with van der Waals surface area (Å²) in [5.41, 5.74) is 1.68. The molecule has 0 spiro atoms. The predicted octanol–water partition coefficient (Wildman–Crippen LogP) is 5.64. The van der Waals surface area contributed by atoms with Crippen LogP contribution in [0.4, 0.5) is 0 Å². The van der Waals surface area contributed by atoms with Crippen LogP contribution in [0, 0.1) is 11.8 Å². The van der Waals surface area contributed by atoms with Crippen LogP contribution in [0.5, 0.6) is 5.75 Å². The summed E-state index contributed by atoms with van der Waals surface area (Å²) in [6.07, 6.45) is 0. The topological polar surface area (TPSA) is 63.6 Å². The molecule has 1 N–H and O–H groups in total. The van der Waals surface area contributed by atoms with Crippen LogP contribution < -0.4 is 4.74 Å². The molecule has 1 aliphatic carbocycles. The van der Waals surface area contributed by atoms with Gasteiger partial charge in [0.25, 0.3) is 0 Å². The van der Waals surface area contributed by atoms with Crippen molar-refractivity contribution in [1.29, 1.82) is 0 Å². The van der Waals surface area contributed by atoms with Crippen LogP contribution in [0.15, 0.2) is 103 Å². The van der Waals surface area contributed by atoms with Gasteiger partial charge in [0.05, 0.1) is 11.8 Å². The standard InChI is InChI=1S/C28H22O4/c29-27(30)25-23(19-11-3-1-4-12-19)26(24(25)20-13-5-2-6-14-20)28(31)32-22-17-9-15-18-10-7-8-16-21(18)22/h1-17,23-26H,(H,29,30)/t23-,24-,25-,26-/m1/s1. The number of fused-ring (bicyclic) bond motifs is 1. The number of ether oxygens (including phenoxy) is 1. The number of carbonyl (C=O) groups excluding carboxylic acids is 1. The van der Waals surface area contributed by atoms with Gasteiger partial charge in [-0.1, -0.05) is 97.1 Å². The fourth-order valence-corrected chi connectivity index (χ4v) is 4.99. The Bertz CT molecular complexity index is 1210. The van der Waals surface area contributed by atoms with Crippen molar-refractivity contribution in [2.75, 3.05) is 0 Å². The molecular formula is C28H22O4. The van der Waals surface area contributed by atoms with Crippen molar-refractivity contribution in [3.8, 4) is 5.75 Å². The molecule has 158 valence electrons. The minimum absolute atomic E-state index is 0.401. The first-order valence-electron chi connectivity index (χ1n) is 10.7. The van der Waals surface area contributed by atoms with Crippen LogP contribution in [0.25, 0.3) is 10.8 Å². The fourth-order valence-electron chi connectivity index (χ4n) is 4.99. The summed E-state index contributed by atoms with van der Waals surface area (Å²) in [4.78, 5) is 25.9. The summed E-state index contributed by atoms with van der Waals surface area (Å²) >= 11 is 0. The highest BCUT2D eigenvalue weighted by atomic mass is 16.5. The van der Waals surface area contributed by atoms with E-state index in [0.29, 0.717) is 5.75 Å². The van der Waals surface area contributed by atoms with E-state index < -0.39 is 35.6 Å². The zero-order chi connectivity index (χ0) is 22.1. The monoisotopic (exact) mass is 422 g/mol. The molecule has 0 amide bonds.